The van der Waals surface area contributed by atoms with Crippen molar-refractivity contribution >= 4 is 17.5 Å². The molecule has 2 heterocycles. The fourth-order valence-corrected chi connectivity index (χ4v) is 2.26. The number of rotatable bonds is 2. The van der Waals surface area contributed by atoms with Crippen LogP contribution in [-0.2, 0) is 7.05 Å². The molecule has 0 aliphatic carbocycles. The highest BCUT2D eigenvalue weighted by Gasteiger charge is 2.29. The predicted molar refractivity (Wildman–Crippen MR) is 53.1 cm³/mol. The maximum atomic E-state index is 11.9. The van der Waals surface area contributed by atoms with Crippen molar-refractivity contribution in [3.05, 3.63) is 17.5 Å². The second-order valence-electron chi connectivity index (χ2n) is 3.40. The van der Waals surface area contributed by atoms with Crippen LogP contribution in [0.4, 0.5) is 0 Å². The van der Waals surface area contributed by atoms with E-state index in [1.54, 1.807) is 10.9 Å². The van der Waals surface area contributed by atoms with Crippen LogP contribution < -0.4 is 0 Å². The first-order chi connectivity index (χ1) is 6.20. The van der Waals surface area contributed by atoms with E-state index in [1.807, 2.05) is 25.7 Å². The molecular formula is C9H12N2OS. The van der Waals surface area contributed by atoms with Gasteiger partial charge in [-0.2, -0.15) is 16.9 Å². The van der Waals surface area contributed by atoms with Gasteiger partial charge in [-0.25, -0.2) is 0 Å². The molecular weight excluding hydrogens is 184 g/mol. The fourth-order valence-electron chi connectivity index (χ4n) is 1.48. The van der Waals surface area contributed by atoms with Crippen molar-refractivity contribution < 1.29 is 4.79 Å². The molecule has 0 saturated carbocycles. The number of hydrogen-bond acceptors (Lipinski definition) is 3. The van der Waals surface area contributed by atoms with E-state index in [0.29, 0.717) is 0 Å². The van der Waals surface area contributed by atoms with Crippen LogP contribution in [0.5, 0.6) is 0 Å². The molecule has 70 valence electrons. The average Bonchev–Trinajstić information content (AvgIpc) is 2.27. The minimum atomic E-state index is 0.235. The van der Waals surface area contributed by atoms with Gasteiger partial charge in [-0.3, -0.25) is 9.48 Å². The number of thioether (sulfide) groups is 1. The summed E-state index contributed by atoms with van der Waals surface area (Å²) in [6.07, 6.45) is 1.75. The molecule has 1 aromatic rings. The third-order valence-electron chi connectivity index (χ3n) is 2.36. The van der Waals surface area contributed by atoms with Gasteiger partial charge in [0.1, 0.15) is 5.69 Å². The zero-order valence-electron chi connectivity index (χ0n) is 7.78. The summed E-state index contributed by atoms with van der Waals surface area (Å²) in [7, 11) is 1.83. The molecule has 1 aliphatic rings. The highest BCUT2D eigenvalue weighted by Crippen LogP contribution is 2.28. The predicted octanol–water partition coefficient (Wildman–Crippen LogP) is 1.27. The molecule has 0 radical (unpaired) electrons. The Bertz CT molecular complexity index is 322. The quantitative estimate of drug-likeness (QED) is 0.668. The maximum Gasteiger partial charge on any atom is 0.185 e. The van der Waals surface area contributed by atoms with E-state index in [-0.39, 0.29) is 11.7 Å². The molecule has 0 atom stereocenters. The number of ketones is 1. The first kappa shape index (κ1) is 8.81. The van der Waals surface area contributed by atoms with Gasteiger partial charge >= 0.3 is 0 Å². The fraction of sp³-hybridized carbons (Fsp3) is 0.556. The molecule has 1 aliphatic heterocycles. The van der Waals surface area contributed by atoms with E-state index >= 15 is 0 Å². The SMILES string of the molecule is Cc1cnn(C)c1C(=O)C1CSC1. The highest BCUT2D eigenvalue weighted by molar-refractivity contribution is 8.00. The second kappa shape index (κ2) is 3.18. The van der Waals surface area contributed by atoms with Gasteiger partial charge in [-0.15, -0.1) is 0 Å². The minimum absolute atomic E-state index is 0.235. The Kier molecular flexibility index (Phi) is 2.15. The minimum Gasteiger partial charge on any atom is -0.292 e. The molecule has 0 amide bonds. The van der Waals surface area contributed by atoms with Gasteiger partial charge in [0.25, 0.3) is 0 Å². The smallest absolute Gasteiger partial charge is 0.185 e. The number of aryl methyl sites for hydroxylation is 2. The molecule has 2 rings (SSSR count). The van der Waals surface area contributed by atoms with Crippen molar-refractivity contribution in [2.75, 3.05) is 11.5 Å². The summed E-state index contributed by atoms with van der Waals surface area (Å²) in [5.74, 6) is 2.45. The Hall–Kier alpha value is -0.770. The van der Waals surface area contributed by atoms with Crippen LogP contribution >= 0.6 is 11.8 Å². The molecule has 0 bridgehead atoms. The van der Waals surface area contributed by atoms with E-state index in [1.165, 1.54) is 0 Å². The van der Waals surface area contributed by atoms with Gasteiger partial charge in [0.2, 0.25) is 0 Å². The summed E-state index contributed by atoms with van der Waals surface area (Å²) in [6.45, 7) is 1.94. The summed E-state index contributed by atoms with van der Waals surface area (Å²) in [4.78, 5) is 11.9. The Morgan fingerprint density at radius 1 is 1.69 bits per heavy atom. The van der Waals surface area contributed by atoms with Gasteiger partial charge in [0.05, 0.1) is 6.20 Å². The van der Waals surface area contributed by atoms with E-state index in [4.69, 9.17) is 0 Å². The van der Waals surface area contributed by atoms with Crippen LogP contribution in [-0.4, -0.2) is 27.1 Å². The van der Waals surface area contributed by atoms with Crippen LogP contribution in [0, 0.1) is 12.8 Å². The van der Waals surface area contributed by atoms with Crippen molar-refractivity contribution in [1.82, 2.24) is 9.78 Å². The van der Waals surface area contributed by atoms with Crippen molar-refractivity contribution in [2.45, 2.75) is 6.92 Å². The van der Waals surface area contributed by atoms with Crippen LogP contribution in [0.25, 0.3) is 0 Å². The van der Waals surface area contributed by atoms with Gasteiger partial charge in [0.15, 0.2) is 5.78 Å². The lowest BCUT2D eigenvalue weighted by Crippen LogP contribution is -2.29. The number of carbonyl (C=O) groups excluding carboxylic acids is 1. The maximum absolute atomic E-state index is 11.9. The lowest BCUT2D eigenvalue weighted by Gasteiger charge is -2.23. The van der Waals surface area contributed by atoms with Gasteiger partial charge in [-0.05, 0) is 12.5 Å². The molecule has 1 aromatic heterocycles. The summed E-state index contributed by atoms with van der Waals surface area (Å²) in [5, 5.41) is 4.07. The number of Topliss-reactive ketones (excluding diaryl/α,β-unsaturated/α-hetero) is 1. The number of aromatic nitrogens is 2. The van der Waals surface area contributed by atoms with E-state index < -0.39 is 0 Å². The van der Waals surface area contributed by atoms with Gasteiger partial charge in [0, 0.05) is 24.5 Å². The summed E-state index contributed by atoms with van der Waals surface area (Å²) in [5.41, 5.74) is 1.77. The third kappa shape index (κ3) is 1.39. The topological polar surface area (TPSA) is 34.9 Å². The number of nitrogens with zero attached hydrogens (tertiary/aromatic N) is 2. The Morgan fingerprint density at radius 2 is 2.38 bits per heavy atom. The van der Waals surface area contributed by atoms with Crippen LogP contribution in [0.2, 0.25) is 0 Å². The standard InChI is InChI=1S/C9H12N2OS/c1-6-3-10-11(2)8(6)9(12)7-4-13-5-7/h3,7H,4-5H2,1-2H3. The summed E-state index contributed by atoms with van der Waals surface area (Å²) in [6, 6.07) is 0. The van der Waals surface area contributed by atoms with E-state index in [2.05, 4.69) is 5.10 Å². The van der Waals surface area contributed by atoms with E-state index in [0.717, 1.165) is 22.8 Å². The Labute approximate surface area is 81.5 Å². The van der Waals surface area contributed by atoms with E-state index in [9.17, 15) is 4.79 Å². The van der Waals surface area contributed by atoms with Crippen LogP contribution in [0.1, 0.15) is 16.1 Å². The van der Waals surface area contributed by atoms with Crippen molar-refractivity contribution in [2.24, 2.45) is 13.0 Å². The van der Waals surface area contributed by atoms with Crippen LogP contribution in [0.15, 0.2) is 6.20 Å². The highest BCUT2D eigenvalue weighted by atomic mass is 32.2. The largest absolute Gasteiger partial charge is 0.292 e. The second-order valence-corrected chi connectivity index (χ2v) is 4.47. The summed E-state index contributed by atoms with van der Waals surface area (Å²) < 4.78 is 1.68. The monoisotopic (exact) mass is 196 g/mol. The van der Waals surface area contributed by atoms with Crippen molar-refractivity contribution in [1.29, 1.82) is 0 Å². The number of carbonyl (C=O) groups is 1. The molecule has 0 spiro atoms. The molecule has 13 heavy (non-hydrogen) atoms. The zero-order valence-corrected chi connectivity index (χ0v) is 8.60. The zero-order chi connectivity index (χ0) is 9.42. The Morgan fingerprint density at radius 3 is 2.77 bits per heavy atom. The molecule has 4 heteroatoms. The van der Waals surface area contributed by atoms with Crippen LogP contribution in [0.3, 0.4) is 0 Å². The normalized spacial score (nSPS) is 17.1. The summed E-state index contributed by atoms with van der Waals surface area (Å²) >= 11 is 1.83. The third-order valence-corrected chi connectivity index (χ3v) is 3.64. The lowest BCUT2D eigenvalue weighted by atomic mass is 10.0. The van der Waals surface area contributed by atoms with Gasteiger partial charge in [-0.1, -0.05) is 0 Å². The molecule has 0 unspecified atom stereocenters. The van der Waals surface area contributed by atoms with Crippen molar-refractivity contribution in [3.8, 4) is 0 Å². The Balaban J connectivity index is 2.28. The molecule has 0 N–H and O–H groups in total. The molecule has 0 aromatic carbocycles. The average molecular weight is 196 g/mol. The lowest BCUT2D eigenvalue weighted by molar-refractivity contribution is 0.0928. The molecule has 1 fully saturated rings. The molecule has 1 saturated heterocycles. The molecule has 3 nitrogen and oxygen atoms in total. The van der Waals surface area contributed by atoms with Gasteiger partial charge < -0.3 is 0 Å². The first-order valence-electron chi connectivity index (χ1n) is 4.30. The number of hydrogen-bond donors (Lipinski definition) is 0. The van der Waals surface area contributed by atoms with Crippen molar-refractivity contribution in [3.63, 3.8) is 0 Å². The first-order valence-corrected chi connectivity index (χ1v) is 5.46.